The van der Waals surface area contributed by atoms with Crippen LogP contribution in [0.3, 0.4) is 0 Å². The first-order chi connectivity index (χ1) is 8.74. The average molecular weight is 244 g/mol. The Balaban J connectivity index is 1.68. The third-order valence-electron chi connectivity index (χ3n) is 4.70. The molecule has 3 rings (SSSR count). The van der Waals surface area contributed by atoms with Gasteiger partial charge in [-0.25, -0.2) is 0 Å². The largest absolute Gasteiger partial charge is 0.328 e. The Morgan fingerprint density at radius 3 is 2.44 bits per heavy atom. The summed E-state index contributed by atoms with van der Waals surface area (Å²) in [6, 6.07) is 10.6. The lowest BCUT2D eigenvalue weighted by Gasteiger charge is -2.30. The molecule has 1 aromatic rings. The Labute approximate surface area is 110 Å². The van der Waals surface area contributed by atoms with E-state index in [1.54, 1.807) is 5.56 Å². The number of rotatable bonds is 2. The van der Waals surface area contributed by atoms with E-state index in [1.165, 1.54) is 37.7 Å². The molecule has 0 heterocycles. The maximum absolute atomic E-state index is 5.98. The maximum atomic E-state index is 5.98. The monoisotopic (exact) mass is 244 g/mol. The van der Waals surface area contributed by atoms with Gasteiger partial charge in [0, 0.05) is 18.1 Å². The number of hydrogen-bond donors (Lipinski definition) is 2. The number of nitrogens with one attached hydrogen (secondary N) is 1. The summed E-state index contributed by atoms with van der Waals surface area (Å²) in [4.78, 5) is 0. The zero-order chi connectivity index (χ0) is 12.5. The SMILES string of the molecule is CC1CC(NC2CCC(N)CC2)c2ccccc21. The van der Waals surface area contributed by atoms with Crippen LogP contribution >= 0.6 is 0 Å². The van der Waals surface area contributed by atoms with Crippen molar-refractivity contribution in [2.75, 3.05) is 0 Å². The van der Waals surface area contributed by atoms with Gasteiger partial charge in [-0.15, -0.1) is 0 Å². The zero-order valence-electron chi connectivity index (χ0n) is 11.2. The van der Waals surface area contributed by atoms with E-state index in [2.05, 4.69) is 36.5 Å². The summed E-state index contributed by atoms with van der Waals surface area (Å²) in [5.41, 5.74) is 9.05. The highest BCUT2D eigenvalue weighted by molar-refractivity contribution is 5.37. The van der Waals surface area contributed by atoms with Crippen molar-refractivity contribution in [1.82, 2.24) is 5.32 Å². The van der Waals surface area contributed by atoms with Crippen LogP contribution in [0.15, 0.2) is 24.3 Å². The average Bonchev–Trinajstić information content (AvgIpc) is 2.70. The zero-order valence-corrected chi connectivity index (χ0v) is 11.2. The summed E-state index contributed by atoms with van der Waals surface area (Å²) < 4.78 is 0. The first-order valence-electron chi connectivity index (χ1n) is 7.34. The molecule has 0 bridgehead atoms. The molecule has 1 aromatic carbocycles. The van der Waals surface area contributed by atoms with Crippen LogP contribution in [-0.2, 0) is 0 Å². The quantitative estimate of drug-likeness (QED) is 0.839. The molecule has 18 heavy (non-hydrogen) atoms. The van der Waals surface area contributed by atoms with Gasteiger partial charge < -0.3 is 11.1 Å². The van der Waals surface area contributed by atoms with E-state index in [9.17, 15) is 0 Å². The van der Waals surface area contributed by atoms with E-state index < -0.39 is 0 Å². The molecule has 2 unspecified atom stereocenters. The highest BCUT2D eigenvalue weighted by atomic mass is 15.0. The fourth-order valence-corrected chi connectivity index (χ4v) is 3.61. The highest BCUT2D eigenvalue weighted by Crippen LogP contribution is 2.40. The summed E-state index contributed by atoms with van der Waals surface area (Å²) in [5.74, 6) is 0.699. The summed E-state index contributed by atoms with van der Waals surface area (Å²) in [5, 5.41) is 3.87. The minimum atomic E-state index is 0.442. The van der Waals surface area contributed by atoms with E-state index in [1.807, 2.05) is 0 Å². The third-order valence-corrected chi connectivity index (χ3v) is 4.70. The smallest absolute Gasteiger partial charge is 0.0331 e. The van der Waals surface area contributed by atoms with Gasteiger partial charge in [-0.05, 0) is 49.1 Å². The predicted octanol–water partition coefficient (Wildman–Crippen LogP) is 3.09. The Morgan fingerprint density at radius 2 is 1.72 bits per heavy atom. The normalized spacial score (nSPS) is 35.4. The van der Waals surface area contributed by atoms with Crippen molar-refractivity contribution in [1.29, 1.82) is 0 Å². The number of fused-ring (bicyclic) bond motifs is 1. The summed E-state index contributed by atoms with van der Waals surface area (Å²) in [6.07, 6.45) is 6.10. The van der Waals surface area contributed by atoms with Crippen molar-refractivity contribution in [2.24, 2.45) is 5.73 Å². The Kier molecular flexibility index (Phi) is 3.40. The van der Waals surface area contributed by atoms with Crippen LogP contribution in [-0.4, -0.2) is 12.1 Å². The van der Waals surface area contributed by atoms with Crippen LogP contribution in [0.4, 0.5) is 0 Å². The van der Waals surface area contributed by atoms with Crippen LogP contribution in [0.1, 0.15) is 62.1 Å². The summed E-state index contributed by atoms with van der Waals surface area (Å²) in [6.45, 7) is 2.34. The summed E-state index contributed by atoms with van der Waals surface area (Å²) in [7, 11) is 0. The van der Waals surface area contributed by atoms with Crippen molar-refractivity contribution >= 4 is 0 Å². The molecule has 98 valence electrons. The molecule has 0 amide bonds. The molecule has 2 heteroatoms. The number of benzene rings is 1. The van der Waals surface area contributed by atoms with Gasteiger partial charge in [-0.3, -0.25) is 0 Å². The van der Waals surface area contributed by atoms with Crippen LogP contribution in [0.25, 0.3) is 0 Å². The van der Waals surface area contributed by atoms with E-state index in [4.69, 9.17) is 5.73 Å². The van der Waals surface area contributed by atoms with Gasteiger partial charge in [0.05, 0.1) is 0 Å². The van der Waals surface area contributed by atoms with E-state index in [0.717, 1.165) is 0 Å². The lowest BCUT2D eigenvalue weighted by atomic mass is 9.91. The van der Waals surface area contributed by atoms with Gasteiger partial charge in [0.25, 0.3) is 0 Å². The Morgan fingerprint density at radius 1 is 1.06 bits per heavy atom. The molecule has 2 aliphatic carbocycles. The molecule has 1 saturated carbocycles. The van der Waals surface area contributed by atoms with Crippen LogP contribution in [0.2, 0.25) is 0 Å². The molecular weight excluding hydrogens is 220 g/mol. The molecular formula is C16H24N2. The lowest BCUT2D eigenvalue weighted by molar-refractivity contribution is 0.312. The van der Waals surface area contributed by atoms with E-state index in [0.29, 0.717) is 24.0 Å². The Hall–Kier alpha value is -0.860. The first kappa shape index (κ1) is 12.2. The van der Waals surface area contributed by atoms with Crippen molar-refractivity contribution in [3.8, 4) is 0 Å². The standard InChI is InChI=1S/C16H24N2/c1-11-10-16(15-5-3-2-4-14(11)15)18-13-8-6-12(17)7-9-13/h2-5,11-13,16,18H,6-10,17H2,1H3. The van der Waals surface area contributed by atoms with Gasteiger partial charge in [0.2, 0.25) is 0 Å². The molecule has 0 saturated heterocycles. The summed E-state index contributed by atoms with van der Waals surface area (Å²) >= 11 is 0. The van der Waals surface area contributed by atoms with Crippen molar-refractivity contribution in [2.45, 2.75) is 63.1 Å². The van der Waals surface area contributed by atoms with Gasteiger partial charge in [0.1, 0.15) is 0 Å². The fourth-order valence-electron chi connectivity index (χ4n) is 3.61. The molecule has 2 atom stereocenters. The molecule has 2 nitrogen and oxygen atoms in total. The topological polar surface area (TPSA) is 38.0 Å². The van der Waals surface area contributed by atoms with Crippen LogP contribution in [0.5, 0.6) is 0 Å². The second-order valence-corrected chi connectivity index (χ2v) is 6.10. The molecule has 1 fully saturated rings. The van der Waals surface area contributed by atoms with Crippen LogP contribution < -0.4 is 11.1 Å². The number of nitrogens with two attached hydrogens (primary N) is 1. The highest BCUT2D eigenvalue weighted by Gasteiger charge is 2.30. The van der Waals surface area contributed by atoms with E-state index in [-0.39, 0.29) is 0 Å². The van der Waals surface area contributed by atoms with Crippen molar-refractivity contribution < 1.29 is 0 Å². The second-order valence-electron chi connectivity index (χ2n) is 6.10. The van der Waals surface area contributed by atoms with Gasteiger partial charge in [-0.1, -0.05) is 31.2 Å². The van der Waals surface area contributed by atoms with E-state index >= 15 is 0 Å². The van der Waals surface area contributed by atoms with Gasteiger partial charge in [-0.2, -0.15) is 0 Å². The van der Waals surface area contributed by atoms with Gasteiger partial charge in [0.15, 0.2) is 0 Å². The molecule has 2 aliphatic rings. The second kappa shape index (κ2) is 5.02. The molecule has 0 aliphatic heterocycles. The molecule has 0 aromatic heterocycles. The maximum Gasteiger partial charge on any atom is 0.0331 e. The minimum absolute atomic E-state index is 0.442. The third kappa shape index (κ3) is 2.32. The minimum Gasteiger partial charge on any atom is -0.328 e. The first-order valence-corrected chi connectivity index (χ1v) is 7.34. The molecule has 3 N–H and O–H groups in total. The van der Waals surface area contributed by atoms with Gasteiger partial charge >= 0.3 is 0 Å². The predicted molar refractivity (Wildman–Crippen MR) is 75.6 cm³/mol. The van der Waals surface area contributed by atoms with Crippen molar-refractivity contribution in [3.63, 3.8) is 0 Å². The fraction of sp³-hybridized carbons (Fsp3) is 0.625. The van der Waals surface area contributed by atoms with Crippen molar-refractivity contribution in [3.05, 3.63) is 35.4 Å². The van der Waals surface area contributed by atoms with Crippen LogP contribution in [0, 0.1) is 0 Å². The molecule has 0 spiro atoms. The Bertz CT molecular complexity index is 407. The lowest BCUT2D eigenvalue weighted by Crippen LogP contribution is -2.38. The molecule has 0 radical (unpaired) electrons. The number of hydrogen-bond acceptors (Lipinski definition) is 2.